The molecule has 0 unspecified atom stereocenters. The molecule has 0 heterocycles. The number of sulfonamides is 1. The van der Waals surface area contributed by atoms with Gasteiger partial charge in [0, 0.05) is 19.2 Å². The SMILES string of the molecule is CC(C)=CS(=O)(=O)N(C)c1cccc([N+](=O)[O-])c1. The van der Waals surface area contributed by atoms with E-state index in [1.54, 1.807) is 13.8 Å². The summed E-state index contributed by atoms with van der Waals surface area (Å²) in [7, 11) is -2.25. The number of anilines is 1. The van der Waals surface area contributed by atoms with E-state index >= 15 is 0 Å². The molecular weight excluding hydrogens is 256 g/mol. The molecule has 0 aliphatic heterocycles. The van der Waals surface area contributed by atoms with Crippen molar-refractivity contribution < 1.29 is 13.3 Å². The first-order valence-electron chi connectivity index (χ1n) is 5.12. The summed E-state index contributed by atoms with van der Waals surface area (Å²) in [5.41, 5.74) is 0.737. The molecule has 0 aromatic heterocycles. The van der Waals surface area contributed by atoms with Crippen LogP contribution in [0, 0.1) is 10.1 Å². The van der Waals surface area contributed by atoms with Crippen LogP contribution in [0.2, 0.25) is 0 Å². The minimum atomic E-state index is -3.61. The topological polar surface area (TPSA) is 80.5 Å². The van der Waals surface area contributed by atoms with E-state index in [2.05, 4.69) is 0 Å². The quantitative estimate of drug-likeness (QED) is 0.621. The van der Waals surface area contributed by atoms with Gasteiger partial charge < -0.3 is 0 Å². The molecule has 1 aromatic rings. The molecule has 0 bridgehead atoms. The van der Waals surface area contributed by atoms with Crippen LogP contribution in [0.25, 0.3) is 0 Å². The second-order valence-corrected chi connectivity index (χ2v) is 5.80. The van der Waals surface area contributed by atoms with Gasteiger partial charge >= 0.3 is 0 Å². The minimum absolute atomic E-state index is 0.147. The predicted octanol–water partition coefficient (Wildman–Crippen LogP) is 2.28. The van der Waals surface area contributed by atoms with Gasteiger partial charge in [-0.25, -0.2) is 8.42 Å². The van der Waals surface area contributed by atoms with Gasteiger partial charge in [0.15, 0.2) is 0 Å². The number of benzene rings is 1. The summed E-state index contributed by atoms with van der Waals surface area (Å²) in [6.45, 7) is 3.33. The molecule has 0 aliphatic carbocycles. The lowest BCUT2D eigenvalue weighted by molar-refractivity contribution is -0.384. The summed E-state index contributed by atoms with van der Waals surface area (Å²) in [6, 6.07) is 5.48. The molecule has 6 nitrogen and oxygen atoms in total. The standard InChI is InChI=1S/C11H14N2O4S/c1-9(2)8-18(16,17)12(3)10-5-4-6-11(7-10)13(14)15/h4-8H,1-3H3. The molecule has 0 amide bonds. The molecule has 1 rings (SSSR count). The minimum Gasteiger partial charge on any atom is -0.270 e. The van der Waals surface area contributed by atoms with Crippen LogP contribution in [0.15, 0.2) is 35.2 Å². The maximum Gasteiger partial charge on any atom is 0.271 e. The van der Waals surface area contributed by atoms with Crippen molar-refractivity contribution in [1.29, 1.82) is 0 Å². The fourth-order valence-electron chi connectivity index (χ4n) is 1.33. The average Bonchev–Trinajstić information content (AvgIpc) is 2.26. The Morgan fingerprint density at radius 3 is 2.50 bits per heavy atom. The molecule has 0 saturated heterocycles. The molecule has 0 radical (unpaired) electrons. The van der Waals surface area contributed by atoms with Crippen molar-refractivity contribution in [3.8, 4) is 0 Å². The molecule has 98 valence electrons. The van der Waals surface area contributed by atoms with E-state index in [4.69, 9.17) is 0 Å². The lowest BCUT2D eigenvalue weighted by Crippen LogP contribution is -2.24. The Bertz CT molecular complexity index is 589. The van der Waals surface area contributed by atoms with Crippen molar-refractivity contribution in [3.63, 3.8) is 0 Å². The van der Waals surface area contributed by atoms with Gasteiger partial charge in [0.2, 0.25) is 0 Å². The molecule has 0 fully saturated rings. The summed E-state index contributed by atoms with van der Waals surface area (Å²) < 4.78 is 24.8. The molecule has 0 spiro atoms. The first-order chi connectivity index (χ1) is 8.24. The second-order valence-electron chi connectivity index (χ2n) is 3.98. The molecule has 0 atom stereocenters. The van der Waals surface area contributed by atoms with Gasteiger partial charge in [-0.15, -0.1) is 0 Å². The van der Waals surface area contributed by atoms with Crippen molar-refractivity contribution in [1.82, 2.24) is 0 Å². The predicted molar refractivity (Wildman–Crippen MR) is 69.9 cm³/mol. The third kappa shape index (κ3) is 3.30. The highest BCUT2D eigenvalue weighted by Crippen LogP contribution is 2.22. The van der Waals surface area contributed by atoms with Crippen molar-refractivity contribution in [2.75, 3.05) is 11.4 Å². The Labute approximate surface area is 106 Å². The zero-order valence-electron chi connectivity index (χ0n) is 10.3. The highest BCUT2D eigenvalue weighted by atomic mass is 32.2. The van der Waals surface area contributed by atoms with E-state index in [0.29, 0.717) is 5.57 Å². The highest BCUT2D eigenvalue weighted by Gasteiger charge is 2.17. The van der Waals surface area contributed by atoms with Gasteiger partial charge in [-0.2, -0.15) is 0 Å². The molecule has 1 aromatic carbocycles. The number of nitrogens with zero attached hydrogens (tertiary/aromatic N) is 2. The van der Waals surface area contributed by atoms with Crippen LogP contribution < -0.4 is 4.31 Å². The summed E-state index contributed by atoms with van der Waals surface area (Å²) in [5.74, 6) is 0. The van der Waals surface area contributed by atoms with Gasteiger partial charge in [-0.3, -0.25) is 14.4 Å². The molecule has 7 heteroatoms. The number of nitro benzene ring substituents is 1. The van der Waals surface area contributed by atoms with Crippen molar-refractivity contribution >= 4 is 21.4 Å². The lowest BCUT2D eigenvalue weighted by Gasteiger charge is -2.17. The summed E-state index contributed by atoms with van der Waals surface area (Å²) in [5, 5.41) is 11.7. The normalized spacial score (nSPS) is 10.8. The Hall–Kier alpha value is -1.89. The summed E-state index contributed by atoms with van der Waals surface area (Å²) in [6.07, 6.45) is 0. The van der Waals surface area contributed by atoms with Crippen LogP contribution in [0.4, 0.5) is 11.4 Å². The Kier molecular flexibility index (Phi) is 4.07. The van der Waals surface area contributed by atoms with Crippen LogP contribution >= 0.6 is 0 Å². The van der Waals surface area contributed by atoms with E-state index in [0.717, 1.165) is 9.71 Å². The number of rotatable bonds is 4. The van der Waals surface area contributed by atoms with Gasteiger partial charge in [0.25, 0.3) is 15.7 Å². The van der Waals surface area contributed by atoms with E-state index in [1.807, 2.05) is 0 Å². The van der Waals surface area contributed by atoms with Crippen molar-refractivity contribution in [3.05, 3.63) is 45.4 Å². The van der Waals surface area contributed by atoms with Crippen LogP contribution in [0.5, 0.6) is 0 Å². The van der Waals surface area contributed by atoms with Crippen molar-refractivity contribution in [2.24, 2.45) is 0 Å². The Morgan fingerprint density at radius 1 is 1.39 bits per heavy atom. The molecular formula is C11H14N2O4S. The van der Waals surface area contributed by atoms with Crippen LogP contribution in [0.1, 0.15) is 13.8 Å². The zero-order valence-corrected chi connectivity index (χ0v) is 11.1. The van der Waals surface area contributed by atoms with Gasteiger partial charge in [0.1, 0.15) is 0 Å². The largest absolute Gasteiger partial charge is 0.271 e. The highest BCUT2D eigenvalue weighted by molar-refractivity contribution is 7.95. The average molecular weight is 270 g/mol. The summed E-state index contributed by atoms with van der Waals surface area (Å²) in [4.78, 5) is 10.1. The first-order valence-corrected chi connectivity index (χ1v) is 6.62. The molecule has 0 aliphatic rings. The number of allylic oxidation sites excluding steroid dienone is 1. The summed E-state index contributed by atoms with van der Waals surface area (Å²) >= 11 is 0. The Balaban J connectivity index is 3.19. The van der Waals surface area contributed by atoms with E-state index in [9.17, 15) is 18.5 Å². The van der Waals surface area contributed by atoms with E-state index in [-0.39, 0.29) is 11.4 Å². The first kappa shape index (κ1) is 14.2. The number of non-ortho nitro benzene ring substituents is 1. The van der Waals surface area contributed by atoms with E-state index in [1.165, 1.54) is 31.3 Å². The van der Waals surface area contributed by atoms with Gasteiger partial charge in [0.05, 0.1) is 16.0 Å². The monoisotopic (exact) mass is 270 g/mol. The second kappa shape index (κ2) is 5.18. The smallest absolute Gasteiger partial charge is 0.270 e. The van der Waals surface area contributed by atoms with Crippen molar-refractivity contribution in [2.45, 2.75) is 13.8 Å². The van der Waals surface area contributed by atoms with Crippen LogP contribution in [-0.2, 0) is 10.0 Å². The number of hydrogen-bond acceptors (Lipinski definition) is 4. The van der Waals surface area contributed by atoms with E-state index < -0.39 is 14.9 Å². The maximum absolute atomic E-state index is 11.9. The lowest BCUT2D eigenvalue weighted by atomic mass is 10.3. The number of nitro groups is 1. The molecule has 18 heavy (non-hydrogen) atoms. The third-order valence-corrected chi connectivity index (χ3v) is 3.91. The van der Waals surface area contributed by atoms with Crippen LogP contribution in [-0.4, -0.2) is 20.4 Å². The molecule has 0 saturated carbocycles. The fraction of sp³-hybridized carbons (Fsp3) is 0.273. The fourth-order valence-corrected chi connectivity index (χ4v) is 2.49. The molecule has 0 N–H and O–H groups in total. The van der Waals surface area contributed by atoms with Gasteiger partial charge in [-0.1, -0.05) is 11.6 Å². The van der Waals surface area contributed by atoms with Gasteiger partial charge in [-0.05, 0) is 19.9 Å². The maximum atomic E-state index is 11.9. The zero-order chi connectivity index (χ0) is 13.9. The Morgan fingerprint density at radius 2 is 2.00 bits per heavy atom. The number of hydrogen-bond donors (Lipinski definition) is 0. The third-order valence-electron chi connectivity index (χ3n) is 2.17. The van der Waals surface area contributed by atoms with Crippen LogP contribution in [0.3, 0.4) is 0 Å².